The summed E-state index contributed by atoms with van der Waals surface area (Å²) in [5.41, 5.74) is 2.60. The monoisotopic (exact) mass is 378 g/mol. The summed E-state index contributed by atoms with van der Waals surface area (Å²) in [6.45, 7) is 1.32. The van der Waals surface area contributed by atoms with Crippen LogP contribution in [0.1, 0.15) is 17.3 Å². The Morgan fingerprint density at radius 2 is 2.00 bits per heavy atom. The number of fused-ring (bicyclic) bond motifs is 1. The zero-order valence-corrected chi connectivity index (χ0v) is 15.8. The Kier molecular flexibility index (Phi) is 4.89. The molecule has 28 heavy (non-hydrogen) atoms. The van der Waals surface area contributed by atoms with E-state index in [0.717, 1.165) is 17.8 Å². The number of carbonyl (C=O) groups excluding carboxylic acids is 1. The van der Waals surface area contributed by atoms with Crippen LogP contribution in [-0.2, 0) is 6.54 Å². The highest BCUT2D eigenvalue weighted by Gasteiger charge is 2.32. The van der Waals surface area contributed by atoms with Gasteiger partial charge in [0.05, 0.1) is 19.9 Å². The van der Waals surface area contributed by atoms with E-state index in [9.17, 15) is 4.79 Å². The van der Waals surface area contributed by atoms with Crippen LogP contribution < -0.4 is 14.8 Å². The van der Waals surface area contributed by atoms with Crippen molar-refractivity contribution in [3.05, 3.63) is 72.3 Å². The third kappa shape index (κ3) is 3.15. The van der Waals surface area contributed by atoms with E-state index in [2.05, 4.69) is 14.9 Å². The molecule has 144 valence electrons. The van der Waals surface area contributed by atoms with Gasteiger partial charge < -0.3 is 24.3 Å². The first-order valence-electron chi connectivity index (χ1n) is 9.06. The molecular formula is C21H22N4O3. The Balaban J connectivity index is 1.67. The SMILES string of the molecule is COc1cccc(NC(=O)N2CCn3cccc3[C@@H]2c2cccnc2)c1OC. The third-order valence-corrected chi connectivity index (χ3v) is 4.94. The highest BCUT2D eigenvalue weighted by atomic mass is 16.5. The van der Waals surface area contributed by atoms with Crippen molar-refractivity contribution in [3.63, 3.8) is 0 Å². The Hall–Kier alpha value is -3.48. The number of hydrogen-bond acceptors (Lipinski definition) is 4. The average molecular weight is 378 g/mol. The predicted octanol–water partition coefficient (Wildman–Crippen LogP) is 3.54. The summed E-state index contributed by atoms with van der Waals surface area (Å²) in [5, 5.41) is 2.98. The molecule has 0 saturated heterocycles. The Labute approximate surface area is 163 Å². The molecule has 2 aromatic heterocycles. The number of amides is 2. The number of carbonyl (C=O) groups is 1. The lowest BCUT2D eigenvalue weighted by atomic mass is 10.0. The molecule has 0 aliphatic carbocycles. The molecule has 1 atom stereocenters. The first-order valence-corrected chi connectivity index (χ1v) is 9.06. The molecule has 0 bridgehead atoms. The van der Waals surface area contributed by atoms with Gasteiger partial charge in [-0.05, 0) is 35.9 Å². The van der Waals surface area contributed by atoms with E-state index in [4.69, 9.17) is 9.47 Å². The van der Waals surface area contributed by atoms with Crippen molar-refractivity contribution in [2.75, 3.05) is 26.1 Å². The van der Waals surface area contributed by atoms with Gasteiger partial charge in [0.1, 0.15) is 6.04 Å². The van der Waals surface area contributed by atoms with Gasteiger partial charge in [0.15, 0.2) is 11.5 Å². The van der Waals surface area contributed by atoms with Crippen molar-refractivity contribution < 1.29 is 14.3 Å². The van der Waals surface area contributed by atoms with Gasteiger partial charge in [-0.15, -0.1) is 0 Å². The van der Waals surface area contributed by atoms with Crippen molar-refractivity contribution in [1.82, 2.24) is 14.5 Å². The van der Waals surface area contributed by atoms with Gasteiger partial charge in [-0.3, -0.25) is 4.98 Å². The molecule has 0 saturated carbocycles. The fraction of sp³-hybridized carbons (Fsp3) is 0.238. The van der Waals surface area contributed by atoms with E-state index in [0.29, 0.717) is 23.7 Å². The third-order valence-electron chi connectivity index (χ3n) is 4.94. The van der Waals surface area contributed by atoms with Crippen molar-refractivity contribution in [2.45, 2.75) is 12.6 Å². The molecule has 0 fully saturated rings. The number of urea groups is 1. The lowest BCUT2D eigenvalue weighted by Gasteiger charge is -2.37. The zero-order chi connectivity index (χ0) is 19.5. The minimum absolute atomic E-state index is 0.201. The van der Waals surface area contributed by atoms with E-state index in [1.54, 1.807) is 38.7 Å². The van der Waals surface area contributed by atoms with E-state index in [-0.39, 0.29) is 12.1 Å². The van der Waals surface area contributed by atoms with Gasteiger partial charge in [-0.2, -0.15) is 0 Å². The Bertz CT molecular complexity index is 971. The van der Waals surface area contributed by atoms with Crippen molar-refractivity contribution >= 4 is 11.7 Å². The molecule has 4 rings (SSSR count). The van der Waals surface area contributed by atoms with Crippen molar-refractivity contribution in [3.8, 4) is 11.5 Å². The maximum Gasteiger partial charge on any atom is 0.322 e. The molecule has 2 amide bonds. The topological polar surface area (TPSA) is 68.6 Å². The van der Waals surface area contributed by atoms with Crippen LogP contribution in [0.2, 0.25) is 0 Å². The molecule has 1 aromatic carbocycles. The molecule has 7 heteroatoms. The van der Waals surface area contributed by atoms with Crippen LogP contribution in [0.5, 0.6) is 11.5 Å². The minimum Gasteiger partial charge on any atom is -0.493 e. The van der Waals surface area contributed by atoms with Gasteiger partial charge >= 0.3 is 6.03 Å². The smallest absolute Gasteiger partial charge is 0.322 e. The van der Waals surface area contributed by atoms with Crippen LogP contribution >= 0.6 is 0 Å². The molecule has 1 N–H and O–H groups in total. The number of ether oxygens (including phenoxy) is 2. The number of benzene rings is 1. The first-order chi connectivity index (χ1) is 13.7. The Morgan fingerprint density at radius 1 is 1.11 bits per heavy atom. The molecule has 7 nitrogen and oxygen atoms in total. The first kappa shape index (κ1) is 17.9. The summed E-state index contributed by atoms with van der Waals surface area (Å²) in [6, 6.07) is 12.9. The van der Waals surface area contributed by atoms with Crippen LogP contribution in [0, 0.1) is 0 Å². The molecule has 0 radical (unpaired) electrons. The number of methoxy groups -OCH3 is 2. The van der Waals surface area contributed by atoms with E-state index in [1.807, 2.05) is 41.4 Å². The summed E-state index contributed by atoms with van der Waals surface area (Å²) < 4.78 is 12.9. The zero-order valence-electron chi connectivity index (χ0n) is 15.8. The number of pyridine rings is 1. The van der Waals surface area contributed by atoms with E-state index >= 15 is 0 Å². The standard InChI is InChI=1S/C21H22N4O3/c1-27-18-9-3-7-16(20(18)28-2)23-21(26)25-13-12-24-11-5-8-17(24)19(25)15-6-4-10-22-14-15/h3-11,14,19H,12-13H2,1-2H3,(H,23,26)/t19-/m0/s1. The summed E-state index contributed by atoms with van der Waals surface area (Å²) >= 11 is 0. The summed E-state index contributed by atoms with van der Waals surface area (Å²) in [6.07, 6.45) is 5.58. The number of nitrogens with zero attached hydrogens (tertiary/aromatic N) is 3. The molecule has 3 aromatic rings. The molecule has 1 aliphatic rings. The summed E-state index contributed by atoms with van der Waals surface area (Å²) in [7, 11) is 3.13. The Morgan fingerprint density at radius 3 is 2.75 bits per heavy atom. The van der Waals surface area contributed by atoms with Gasteiger partial charge in [0, 0.05) is 37.4 Å². The van der Waals surface area contributed by atoms with E-state index in [1.165, 1.54) is 0 Å². The number of rotatable bonds is 4. The second-order valence-corrected chi connectivity index (χ2v) is 6.48. The van der Waals surface area contributed by atoms with Crippen molar-refractivity contribution in [2.24, 2.45) is 0 Å². The largest absolute Gasteiger partial charge is 0.493 e. The lowest BCUT2D eigenvalue weighted by molar-refractivity contribution is 0.181. The fourth-order valence-electron chi connectivity index (χ4n) is 3.66. The highest BCUT2D eigenvalue weighted by molar-refractivity contribution is 5.92. The molecule has 0 unspecified atom stereocenters. The quantitative estimate of drug-likeness (QED) is 0.754. The predicted molar refractivity (Wildman–Crippen MR) is 106 cm³/mol. The fourth-order valence-corrected chi connectivity index (χ4v) is 3.66. The van der Waals surface area contributed by atoms with Gasteiger partial charge in [0.25, 0.3) is 0 Å². The number of para-hydroxylation sites is 1. The molecule has 0 spiro atoms. The van der Waals surface area contributed by atoms with Gasteiger partial charge in [0.2, 0.25) is 0 Å². The van der Waals surface area contributed by atoms with Gasteiger partial charge in [-0.1, -0.05) is 12.1 Å². The number of hydrogen-bond donors (Lipinski definition) is 1. The van der Waals surface area contributed by atoms with Crippen molar-refractivity contribution in [1.29, 1.82) is 0 Å². The van der Waals surface area contributed by atoms with Crippen LogP contribution in [0.25, 0.3) is 0 Å². The number of nitrogens with one attached hydrogen (secondary N) is 1. The average Bonchev–Trinajstić information content (AvgIpc) is 3.22. The highest BCUT2D eigenvalue weighted by Crippen LogP contribution is 2.36. The second kappa shape index (κ2) is 7.64. The maximum absolute atomic E-state index is 13.2. The normalized spacial score (nSPS) is 15.6. The molecular weight excluding hydrogens is 356 g/mol. The maximum atomic E-state index is 13.2. The minimum atomic E-state index is -0.214. The van der Waals surface area contributed by atoms with Crippen LogP contribution in [0.4, 0.5) is 10.5 Å². The summed E-state index contributed by atoms with van der Waals surface area (Å²) in [4.78, 5) is 19.3. The summed E-state index contributed by atoms with van der Waals surface area (Å²) in [5.74, 6) is 1.06. The molecule has 3 heterocycles. The molecule has 1 aliphatic heterocycles. The lowest BCUT2D eigenvalue weighted by Crippen LogP contribution is -2.44. The van der Waals surface area contributed by atoms with Crippen LogP contribution in [0.3, 0.4) is 0 Å². The number of anilines is 1. The van der Waals surface area contributed by atoms with E-state index < -0.39 is 0 Å². The number of aromatic nitrogens is 2. The van der Waals surface area contributed by atoms with Gasteiger partial charge in [-0.25, -0.2) is 4.79 Å². The second-order valence-electron chi connectivity index (χ2n) is 6.48. The van der Waals surface area contributed by atoms with Crippen LogP contribution in [0.15, 0.2) is 61.1 Å². The van der Waals surface area contributed by atoms with Crippen LogP contribution in [-0.4, -0.2) is 41.2 Å².